The van der Waals surface area contributed by atoms with Gasteiger partial charge in [-0.05, 0) is 6.92 Å². The van der Waals surface area contributed by atoms with Gasteiger partial charge in [0, 0.05) is 20.1 Å². The van der Waals surface area contributed by atoms with E-state index in [-0.39, 0.29) is 6.03 Å². The second kappa shape index (κ2) is 5.38. The first kappa shape index (κ1) is 10.7. The van der Waals surface area contributed by atoms with Crippen LogP contribution in [-0.2, 0) is 0 Å². The smallest absolute Gasteiger partial charge is 0.314 e. The molecule has 0 saturated heterocycles. The molecule has 0 unspecified atom stereocenters. The minimum absolute atomic E-state index is 0.180. The molecule has 0 aromatic carbocycles. The first-order chi connectivity index (χ1) is 6.72. The number of hydrogen-bond acceptors (Lipinski definition) is 5. The number of urea groups is 1. The average molecular weight is 215 g/mol. The maximum absolute atomic E-state index is 10.8. The molecule has 0 fully saturated rings. The summed E-state index contributed by atoms with van der Waals surface area (Å²) in [4.78, 5) is 10.8. The zero-order valence-corrected chi connectivity index (χ0v) is 8.94. The van der Waals surface area contributed by atoms with E-state index in [1.807, 2.05) is 6.92 Å². The number of aryl methyl sites for hydroxylation is 1. The molecule has 6 nitrogen and oxygen atoms in total. The van der Waals surface area contributed by atoms with E-state index < -0.39 is 0 Å². The van der Waals surface area contributed by atoms with Crippen molar-refractivity contribution < 1.29 is 4.79 Å². The maximum Gasteiger partial charge on any atom is 0.314 e. The molecule has 0 spiro atoms. The molecular weight excluding hydrogens is 202 g/mol. The number of carbonyl (C=O) groups is 1. The van der Waals surface area contributed by atoms with Gasteiger partial charge in [-0.2, -0.15) is 0 Å². The lowest BCUT2D eigenvalue weighted by atomic mass is 10.6. The van der Waals surface area contributed by atoms with Gasteiger partial charge in [-0.1, -0.05) is 11.3 Å². The van der Waals surface area contributed by atoms with Gasteiger partial charge in [0.15, 0.2) is 0 Å². The van der Waals surface area contributed by atoms with Gasteiger partial charge in [-0.15, -0.1) is 10.2 Å². The molecule has 1 rings (SSSR count). The number of aromatic nitrogens is 2. The molecule has 0 aliphatic heterocycles. The van der Waals surface area contributed by atoms with Crippen molar-refractivity contribution in [1.29, 1.82) is 0 Å². The van der Waals surface area contributed by atoms with Gasteiger partial charge in [-0.3, -0.25) is 0 Å². The van der Waals surface area contributed by atoms with Crippen molar-refractivity contribution in [1.82, 2.24) is 20.8 Å². The van der Waals surface area contributed by atoms with E-state index in [0.29, 0.717) is 13.1 Å². The summed E-state index contributed by atoms with van der Waals surface area (Å²) in [6.45, 7) is 3.09. The van der Waals surface area contributed by atoms with E-state index >= 15 is 0 Å². The van der Waals surface area contributed by atoms with Crippen molar-refractivity contribution in [3.8, 4) is 0 Å². The molecule has 0 atom stereocenters. The van der Waals surface area contributed by atoms with Gasteiger partial charge in [-0.25, -0.2) is 4.79 Å². The van der Waals surface area contributed by atoms with E-state index in [0.717, 1.165) is 10.1 Å². The minimum Gasteiger partial charge on any atom is -0.358 e. The molecule has 0 saturated carbocycles. The summed E-state index contributed by atoms with van der Waals surface area (Å²) in [5.74, 6) is 0. The Balaban J connectivity index is 2.13. The lowest BCUT2D eigenvalue weighted by molar-refractivity contribution is 0.243. The predicted octanol–water partition coefficient (Wildman–Crippen LogP) is 0.187. The van der Waals surface area contributed by atoms with Gasteiger partial charge in [0.2, 0.25) is 5.13 Å². The Kier molecular flexibility index (Phi) is 4.11. The first-order valence-electron chi connectivity index (χ1n) is 4.22. The Morgan fingerprint density at radius 1 is 1.43 bits per heavy atom. The number of hydrogen-bond donors (Lipinski definition) is 3. The third-order valence-electron chi connectivity index (χ3n) is 1.44. The third-order valence-corrected chi connectivity index (χ3v) is 2.24. The second-order valence-electron chi connectivity index (χ2n) is 2.56. The fraction of sp³-hybridized carbons (Fsp3) is 0.571. The van der Waals surface area contributed by atoms with Crippen molar-refractivity contribution in [2.45, 2.75) is 6.92 Å². The highest BCUT2D eigenvalue weighted by Crippen LogP contribution is 2.12. The standard InChI is InChI=1S/C7H13N5OS/c1-5-11-12-7(14-5)10-4-3-9-6(13)8-2/h3-4H2,1-2H3,(H,10,12)(H2,8,9,13). The number of amides is 2. The molecule has 0 aliphatic rings. The van der Waals surface area contributed by atoms with Crippen molar-refractivity contribution in [2.75, 3.05) is 25.5 Å². The van der Waals surface area contributed by atoms with Crippen LogP contribution in [0.1, 0.15) is 5.01 Å². The minimum atomic E-state index is -0.180. The van der Waals surface area contributed by atoms with Crippen molar-refractivity contribution in [3.63, 3.8) is 0 Å². The van der Waals surface area contributed by atoms with Crippen LogP contribution >= 0.6 is 11.3 Å². The average Bonchev–Trinajstić information content (AvgIpc) is 2.58. The summed E-state index contributed by atoms with van der Waals surface area (Å²) in [5, 5.41) is 17.6. The van der Waals surface area contributed by atoms with E-state index in [2.05, 4.69) is 26.1 Å². The van der Waals surface area contributed by atoms with Crippen molar-refractivity contribution >= 4 is 22.5 Å². The Labute approximate surface area is 86.1 Å². The van der Waals surface area contributed by atoms with Gasteiger partial charge in [0.1, 0.15) is 5.01 Å². The number of nitrogens with one attached hydrogen (secondary N) is 3. The highest BCUT2D eigenvalue weighted by Gasteiger charge is 1.98. The monoisotopic (exact) mass is 215 g/mol. The summed E-state index contributed by atoms with van der Waals surface area (Å²) in [7, 11) is 1.58. The van der Waals surface area contributed by atoms with Gasteiger partial charge in [0.05, 0.1) is 0 Å². The maximum atomic E-state index is 10.8. The number of nitrogens with zero attached hydrogens (tertiary/aromatic N) is 2. The molecule has 2 amide bonds. The fourth-order valence-electron chi connectivity index (χ4n) is 0.802. The van der Waals surface area contributed by atoms with E-state index in [9.17, 15) is 4.79 Å². The van der Waals surface area contributed by atoms with Crippen LogP contribution in [0.15, 0.2) is 0 Å². The second-order valence-corrected chi connectivity index (χ2v) is 3.74. The highest BCUT2D eigenvalue weighted by molar-refractivity contribution is 7.15. The van der Waals surface area contributed by atoms with Crippen LogP contribution in [0.3, 0.4) is 0 Å². The highest BCUT2D eigenvalue weighted by atomic mass is 32.1. The Morgan fingerprint density at radius 2 is 2.21 bits per heavy atom. The summed E-state index contributed by atoms with van der Waals surface area (Å²) in [6.07, 6.45) is 0. The summed E-state index contributed by atoms with van der Waals surface area (Å²) >= 11 is 1.49. The normalized spacial score (nSPS) is 9.57. The third kappa shape index (κ3) is 3.56. The van der Waals surface area contributed by atoms with Crippen LogP contribution in [0, 0.1) is 6.92 Å². The largest absolute Gasteiger partial charge is 0.358 e. The van der Waals surface area contributed by atoms with Crippen molar-refractivity contribution in [3.05, 3.63) is 5.01 Å². The molecule has 7 heteroatoms. The summed E-state index contributed by atoms with van der Waals surface area (Å²) in [5.41, 5.74) is 0. The van der Waals surface area contributed by atoms with E-state index in [1.165, 1.54) is 11.3 Å². The number of anilines is 1. The van der Waals surface area contributed by atoms with Gasteiger partial charge >= 0.3 is 6.03 Å². The predicted molar refractivity (Wildman–Crippen MR) is 55.6 cm³/mol. The summed E-state index contributed by atoms with van der Waals surface area (Å²) in [6, 6.07) is -0.180. The van der Waals surface area contributed by atoms with Crippen LogP contribution in [0.5, 0.6) is 0 Å². The number of carbonyl (C=O) groups excluding carboxylic acids is 1. The fourth-order valence-corrected chi connectivity index (χ4v) is 1.42. The van der Waals surface area contributed by atoms with Crippen LogP contribution in [0.4, 0.5) is 9.93 Å². The summed E-state index contributed by atoms with van der Waals surface area (Å²) < 4.78 is 0. The van der Waals surface area contributed by atoms with Crippen LogP contribution in [0.25, 0.3) is 0 Å². The molecule has 0 aliphatic carbocycles. The molecular formula is C7H13N5OS. The van der Waals surface area contributed by atoms with Crippen LogP contribution in [0.2, 0.25) is 0 Å². The molecule has 14 heavy (non-hydrogen) atoms. The molecule has 1 aromatic heterocycles. The number of rotatable bonds is 4. The van der Waals surface area contributed by atoms with Crippen LogP contribution in [-0.4, -0.2) is 36.4 Å². The SMILES string of the molecule is CNC(=O)NCCNc1nnc(C)s1. The topological polar surface area (TPSA) is 78.9 Å². The lowest BCUT2D eigenvalue weighted by Crippen LogP contribution is -2.35. The molecule has 1 heterocycles. The van der Waals surface area contributed by atoms with Gasteiger partial charge < -0.3 is 16.0 Å². The lowest BCUT2D eigenvalue weighted by Gasteiger charge is -2.03. The van der Waals surface area contributed by atoms with Gasteiger partial charge in [0.25, 0.3) is 0 Å². The van der Waals surface area contributed by atoms with E-state index in [4.69, 9.17) is 0 Å². The zero-order valence-electron chi connectivity index (χ0n) is 8.13. The molecule has 78 valence electrons. The van der Waals surface area contributed by atoms with E-state index in [1.54, 1.807) is 7.05 Å². The molecule has 3 N–H and O–H groups in total. The molecule has 0 bridgehead atoms. The molecule has 0 radical (unpaired) electrons. The zero-order chi connectivity index (χ0) is 10.4. The van der Waals surface area contributed by atoms with Crippen LogP contribution < -0.4 is 16.0 Å². The molecule has 1 aromatic rings. The quantitative estimate of drug-likeness (QED) is 0.626. The van der Waals surface area contributed by atoms with Crippen molar-refractivity contribution in [2.24, 2.45) is 0 Å². The Bertz CT molecular complexity index is 300. The Hall–Kier alpha value is -1.37. The Morgan fingerprint density at radius 3 is 2.79 bits per heavy atom. The first-order valence-corrected chi connectivity index (χ1v) is 5.03.